The van der Waals surface area contributed by atoms with Gasteiger partial charge < -0.3 is 9.64 Å². The molecular weight excluding hydrogens is 426 g/mol. The molecule has 30 heavy (non-hydrogen) atoms. The maximum absolute atomic E-state index is 12.9. The molecule has 1 aromatic carbocycles. The van der Waals surface area contributed by atoms with E-state index >= 15 is 0 Å². The number of hydrogen-bond donors (Lipinski definition) is 1. The predicted molar refractivity (Wildman–Crippen MR) is 116 cm³/mol. The lowest BCUT2D eigenvalue weighted by Crippen LogP contribution is -2.38. The van der Waals surface area contributed by atoms with Crippen molar-refractivity contribution in [2.24, 2.45) is 5.41 Å². The standard InChI is InChI=1S/C21H26ClN3O4S/c1-21(2,3)11-20(26)25-8-7-17-14(13-25)9-16(12-23-17)24-30(27,28)19-10-15(22)5-6-18(19)29-4/h5-6,9-10,12,24H,7-8,11,13H2,1-4H3. The molecule has 0 aliphatic carbocycles. The third-order valence-electron chi connectivity index (χ3n) is 4.74. The lowest BCUT2D eigenvalue weighted by Gasteiger charge is -2.31. The van der Waals surface area contributed by atoms with Gasteiger partial charge in [0.05, 0.1) is 19.0 Å². The smallest absolute Gasteiger partial charge is 0.265 e. The zero-order chi connectivity index (χ0) is 22.1. The molecule has 1 N–H and O–H groups in total. The van der Waals surface area contributed by atoms with E-state index in [0.29, 0.717) is 31.6 Å². The highest BCUT2D eigenvalue weighted by molar-refractivity contribution is 7.92. The summed E-state index contributed by atoms with van der Waals surface area (Å²) in [6.45, 7) is 7.11. The van der Waals surface area contributed by atoms with E-state index in [-0.39, 0.29) is 27.0 Å². The van der Waals surface area contributed by atoms with Crippen LogP contribution >= 0.6 is 11.6 Å². The number of pyridine rings is 1. The summed E-state index contributed by atoms with van der Waals surface area (Å²) in [6.07, 6.45) is 2.58. The van der Waals surface area contributed by atoms with Crippen molar-refractivity contribution in [1.29, 1.82) is 0 Å². The Bertz CT molecular complexity index is 1060. The van der Waals surface area contributed by atoms with Crippen LogP contribution in [-0.2, 0) is 27.8 Å². The molecule has 2 aromatic rings. The van der Waals surface area contributed by atoms with Gasteiger partial charge in [-0.1, -0.05) is 32.4 Å². The normalized spacial score (nSPS) is 14.2. The third-order valence-corrected chi connectivity index (χ3v) is 6.38. The Balaban J connectivity index is 1.83. The first kappa shape index (κ1) is 22.4. The molecule has 0 fully saturated rings. The van der Waals surface area contributed by atoms with E-state index in [0.717, 1.165) is 11.3 Å². The number of nitrogens with one attached hydrogen (secondary N) is 1. The zero-order valence-electron chi connectivity index (χ0n) is 17.5. The van der Waals surface area contributed by atoms with Gasteiger partial charge in [-0.15, -0.1) is 0 Å². The van der Waals surface area contributed by atoms with Gasteiger partial charge in [-0.3, -0.25) is 14.5 Å². The van der Waals surface area contributed by atoms with Crippen LogP contribution in [0.3, 0.4) is 0 Å². The second kappa shape index (κ2) is 8.43. The van der Waals surface area contributed by atoms with Crippen molar-refractivity contribution in [3.8, 4) is 5.75 Å². The van der Waals surface area contributed by atoms with Crippen molar-refractivity contribution >= 4 is 33.2 Å². The quantitative estimate of drug-likeness (QED) is 0.745. The molecule has 0 spiro atoms. The Kier molecular flexibility index (Phi) is 6.29. The van der Waals surface area contributed by atoms with E-state index in [1.165, 1.54) is 25.4 Å². The van der Waals surface area contributed by atoms with Gasteiger partial charge in [0.25, 0.3) is 10.0 Å². The number of halogens is 1. The Labute approximate surface area is 182 Å². The van der Waals surface area contributed by atoms with Gasteiger partial charge in [0.15, 0.2) is 0 Å². The van der Waals surface area contributed by atoms with E-state index in [1.807, 2.05) is 20.8 Å². The first-order chi connectivity index (χ1) is 14.0. The van der Waals surface area contributed by atoms with Gasteiger partial charge >= 0.3 is 0 Å². The van der Waals surface area contributed by atoms with Crippen molar-refractivity contribution in [3.05, 3.63) is 46.7 Å². The summed E-state index contributed by atoms with van der Waals surface area (Å²) in [7, 11) is -2.54. The molecule has 1 aliphatic rings. The number of benzene rings is 1. The van der Waals surface area contributed by atoms with Crippen LogP contribution in [0.2, 0.25) is 5.02 Å². The molecule has 9 heteroatoms. The average Bonchev–Trinajstić information content (AvgIpc) is 2.65. The first-order valence-electron chi connectivity index (χ1n) is 9.60. The average molecular weight is 452 g/mol. The second-order valence-electron chi connectivity index (χ2n) is 8.53. The fraction of sp³-hybridized carbons (Fsp3) is 0.429. The highest BCUT2D eigenvalue weighted by Gasteiger charge is 2.26. The first-order valence-corrected chi connectivity index (χ1v) is 11.5. The number of amides is 1. The Morgan fingerprint density at radius 3 is 2.70 bits per heavy atom. The minimum Gasteiger partial charge on any atom is -0.495 e. The number of nitrogens with zero attached hydrogens (tertiary/aromatic N) is 2. The molecule has 1 aliphatic heterocycles. The topological polar surface area (TPSA) is 88.6 Å². The molecule has 3 rings (SSSR count). The highest BCUT2D eigenvalue weighted by atomic mass is 35.5. The van der Waals surface area contributed by atoms with E-state index < -0.39 is 10.0 Å². The molecule has 1 aromatic heterocycles. The lowest BCUT2D eigenvalue weighted by molar-refractivity contribution is -0.134. The van der Waals surface area contributed by atoms with Crippen LogP contribution in [0.15, 0.2) is 35.4 Å². The molecule has 0 bridgehead atoms. The summed E-state index contributed by atoms with van der Waals surface area (Å²) in [5.41, 5.74) is 1.93. The molecule has 0 radical (unpaired) electrons. The molecule has 0 saturated heterocycles. The van der Waals surface area contributed by atoms with Crippen LogP contribution in [0.25, 0.3) is 0 Å². The number of fused-ring (bicyclic) bond motifs is 1. The number of rotatable bonds is 5. The number of ether oxygens (including phenoxy) is 1. The van der Waals surface area contributed by atoms with Crippen molar-refractivity contribution in [2.75, 3.05) is 18.4 Å². The minimum atomic E-state index is -3.94. The number of anilines is 1. The molecule has 0 atom stereocenters. The van der Waals surface area contributed by atoms with Crippen molar-refractivity contribution in [2.45, 2.75) is 45.1 Å². The maximum atomic E-state index is 12.9. The van der Waals surface area contributed by atoms with Crippen LogP contribution in [0.4, 0.5) is 5.69 Å². The Morgan fingerprint density at radius 1 is 1.30 bits per heavy atom. The summed E-state index contributed by atoms with van der Waals surface area (Å²) >= 11 is 5.97. The maximum Gasteiger partial charge on any atom is 0.265 e. The molecule has 162 valence electrons. The number of hydrogen-bond acceptors (Lipinski definition) is 5. The fourth-order valence-electron chi connectivity index (χ4n) is 3.33. The van der Waals surface area contributed by atoms with Gasteiger partial charge in [0.2, 0.25) is 5.91 Å². The van der Waals surface area contributed by atoms with Crippen LogP contribution in [0.1, 0.15) is 38.4 Å². The second-order valence-corrected chi connectivity index (χ2v) is 10.6. The Hall–Kier alpha value is -2.32. The van der Waals surface area contributed by atoms with Gasteiger partial charge in [-0.05, 0) is 35.2 Å². The molecule has 1 amide bonds. The van der Waals surface area contributed by atoms with E-state index in [1.54, 1.807) is 17.0 Å². The lowest BCUT2D eigenvalue weighted by atomic mass is 9.91. The molecule has 2 heterocycles. The van der Waals surface area contributed by atoms with Crippen LogP contribution in [0.5, 0.6) is 5.75 Å². The van der Waals surface area contributed by atoms with Gasteiger partial charge in [-0.2, -0.15) is 0 Å². The van der Waals surface area contributed by atoms with Crippen molar-refractivity contribution in [1.82, 2.24) is 9.88 Å². The van der Waals surface area contributed by atoms with Gasteiger partial charge in [0.1, 0.15) is 10.6 Å². The highest BCUT2D eigenvalue weighted by Crippen LogP contribution is 2.30. The number of carbonyl (C=O) groups is 1. The van der Waals surface area contributed by atoms with E-state index in [4.69, 9.17) is 16.3 Å². The summed E-state index contributed by atoms with van der Waals surface area (Å²) in [5.74, 6) is 0.277. The largest absolute Gasteiger partial charge is 0.495 e. The molecular formula is C21H26ClN3O4S. The van der Waals surface area contributed by atoms with Crippen molar-refractivity contribution < 1.29 is 17.9 Å². The van der Waals surface area contributed by atoms with E-state index in [2.05, 4.69) is 9.71 Å². The van der Waals surface area contributed by atoms with Crippen LogP contribution in [0, 0.1) is 5.41 Å². The van der Waals surface area contributed by atoms with Crippen molar-refractivity contribution in [3.63, 3.8) is 0 Å². The molecule has 7 nitrogen and oxygen atoms in total. The Morgan fingerprint density at radius 2 is 2.03 bits per heavy atom. The fourth-order valence-corrected chi connectivity index (χ4v) is 4.80. The number of methoxy groups -OCH3 is 1. The van der Waals surface area contributed by atoms with Crippen LogP contribution in [-0.4, -0.2) is 37.9 Å². The minimum absolute atomic E-state index is 0.0581. The zero-order valence-corrected chi connectivity index (χ0v) is 19.1. The molecule has 0 saturated carbocycles. The SMILES string of the molecule is COc1ccc(Cl)cc1S(=O)(=O)Nc1cnc2c(c1)CN(C(=O)CC(C)(C)C)CC2. The summed E-state index contributed by atoms with van der Waals surface area (Å²) in [4.78, 5) is 18.7. The molecule has 0 unspecified atom stereocenters. The predicted octanol–water partition coefficient (Wildman–Crippen LogP) is 3.87. The van der Waals surface area contributed by atoms with E-state index in [9.17, 15) is 13.2 Å². The summed E-state index contributed by atoms with van der Waals surface area (Å²) < 4.78 is 33.5. The third kappa shape index (κ3) is 5.23. The van der Waals surface area contributed by atoms with Crippen LogP contribution < -0.4 is 9.46 Å². The number of sulfonamides is 1. The summed E-state index contributed by atoms with van der Waals surface area (Å²) in [6, 6.07) is 6.12. The number of carbonyl (C=O) groups excluding carboxylic acids is 1. The van der Waals surface area contributed by atoms with Gasteiger partial charge in [-0.25, -0.2) is 8.42 Å². The number of aromatic nitrogens is 1. The van der Waals surface area contributed by atoms with Gasteiger partial charge in [0, 0.05) is 36.6 Å². The monoisotopic (exact) mass is 451 g/mol. The summed E-state index contributed by atoms with van der Waals surface area (Å²) in [5, 5.41) is 0.285.